The van der Waals surface area contributed by atoms with Gasteiger partial charge in [-0.3, -0.25) is 9.78 Å². The lowest BCUT2D eigenvalue weighted by Crippen LogP contribution is -2.16. The lowest BCUT2D eigenvalue weighted by molar-refractivity contribution is 0.0690. The Morgan fingerprint density at radius 1 is 1.17 bits per heavy atom. The monoisotopic (exact) mass is 244 g/mol. The summed E-state index contributed by atoms with van der Waals surface area (Å²) in [6.07, 6.45) is 4.27. The topological polar surface area (TPSA) is 105 Å². The van der Waals surface area contributed by atoms with Gasteiger partial charge in [0, 0.05) is 12.4 Å². The standard InChI is InChI=1S/C11H8N4O3/c16-10(15-9-6-12-4-5-13-9)7-2-1-3-8(14-7)11(17)18/h1-6H,(H,17,18)(H,13,15,16). The number of amides is 1. The number of pyridine rings is 1. The molecule has 18 heavy (non-hydrogen) atoms. The van der Waals surface area contributed by atoms with Gasteiger partial charge in [0.15, 0.2) is 5.82 Å². The molecule has 0 unspecified atom stereocenters. The minimum atomic E-state index is -1.19. The lowest BCUT2D eigenvalue weighted by atomic mass is 10.3. The van der Waals surface area contributed by atoms with Crippen LogP contribution in [0.3, 0.4) is 0 Å². The highest BCUT2D eigenvalue weighted by Gasteiger charge is 2.11. The number of carbonyl (C=O) groups excluding carboxylic acids is 1. The van der Waals surface area contributed by atoms with E-state index in [9.17, 15) is 9.59 Å². The Hall–Kier alpha value is -2.83. The molecule has 0 aliphatic heterocycles. The zero-order valence-corrected chi connectivity index (χ0v) is 9.07. The number of anilines is 1. The molecular formula is C11H8N4O3. The summed E-state index contributed by atoms with van der Waals surface area (Å²) >= 11 is 0. The van der Waals surface area contributed by atoms with Gasteiger partial charge in [-0.25, -0.2) is 14.8 Å². The number of carboxylic acid groups (broad SMARTS) is 1. The second-order valence-electron chi connectivity index (χ2n) is 3.26. The zero-order valence-electron chi connectivity index (χ0n) is 9.07. The maximum absolute atomic E-state index is 11.8. The number of nitrogens with zero attached hydrogens (tertiary/aromatic N) is 3. The van der Waals surface area contributed by atoms with E-state index in [4.69, 9.17) is 5.11 Å². The quantitative estimate of drug-likeness (QED) is 0.828. The molecular weight excluding hydrogens is 236 g/mol. The number of carbonyl (C=O) groups is 2. The Morgan fingerprint density at radius 3 is 2.61 bits per heavy atom. The summed E-state index contributed by atoms with van der Waals surface area (Å²) < 4.78 is 0. The maximum Gasteiger partial charge on any atom is 0.354 e. The van der Waals surface area contributed by atoms with Crippen molar-refractivity contribution >= 4 is 17.7 Å². The normalized spacial score (nSPS) is 9.78. The van der Waals surface area contributed by atoms with Crippen LogP contribution >= 0.6 is 0 Å². The zero-order chi connectivity index (χ0) is 13.0. The van der Waals surface area contributed by atoms with Gasteiger partial charge in [0.2, 0.25) is 0 Å². The van der Waals surface area contributed by atoms with Gasteiger partial charge in [0.1, 0.15) is 11.4 Å². The first kappa shape index (κ1) is 11.6. The highest BCUT2D eigenvalue weighted by Crippen LogP contribution is 2.04. The Morgan fingerprint density at radius 2 is 1.94 bits per heavy atom. The van der Waals surface area contributed by atoms with E-state index in [1.807, 2.05) is 0 Å². The van der Waals surface area contributed by atoms with Crippen LogP contribution < -0.4 is 5.32 Å². The number of nitrogens with one attached hydrogen (secondary N) is 1. The number of rotatable bonds is 3. The Kier molecular flexibility index (Phi) is 3.24. The molecule has 0 saturated carbocycles. The van der Waals surface area contributed by atoms with E-state index in [2.05, 4.69) is 20.3 Å². The average Bonchev–Trinajstić information content (AvgIpc) is 2.40. The van der Waals surface area contributed by atoms with Gasteiger partial charge >= 0.3 is 5.97 Å². The van der Waals surface area contributed by atoms with Crippen molar-refractivity contribution in [2.75, 3.05) is 5.32 Å². The van der Waals surface area contributed by atoms with Crippen LogP contribution in [0, 0.1) is 0 Å². The minimum absolute atomic E-state index is 0.000512. The van der Waals surface area contributed by atoms with Crippen LogP contribution in [0.1, 0.15) is 21.0 Å². The van der Waals surface area contributed by atoms with Gasteiger partial charge < -0.3 is 10.4 Å². The maximum atomic E-state index is 11.8. The fraction of sp³-hybridized carbons (Fsp3) is 0. The van der Waals surface area contributed by atoms with E-state index in [0.717, 1.165) is 0 Å². The summed E-state index contributed by atoms with van der Waals surface area (Å²) in [6, 6.07) is 4.17. The van der Waals surface area contributed by atoms with Gasteiger partial charge in [-0.15, -0.1) is 0 Å². The van der Waals surface area contributed by atoms with E-state index in [0.29, 0.717) is 0 Å². The molecule has 2 aromatic heterocycles. The van der Waals surface area contributed by atoms with Gasteiger partial charge in [-0.05, 0) is 12.1 Å². The summed E-state index contributed by atoms with van der Waals surface area (Å²) in [5, 5.41) is 11.2. The predicted octanol–water partition coefficient (Wildman–Crippen LogP) is 0.822. The van der Waals surface area contributed by atoms with Crippen molar-refractivity contribution < 1.29 is 14.7 Å². The van der Waals surface area contributed by atoms with Crippen LogP contribution in [-0.4, -0.2) is 31.9 Å². The molecule has 0 bridgehead atoms. The number of hydrogen-bond donors (Lipinski definition) is 2. The van der Waals surface area contributed by atoms with Gasteiger partial charge in [0.05, 0.1) is 6.20 Å². The minimum Gasteiger partial charge on any atom is -0.477 e. The summed E-state index contributed by atoms with van der Waals surface area (Å²) in [4.78, 5) is 33.8. The molecule has 7 nitrogen and oxygen atoms in total. The first-order chi connectivity index (χ1) is 8.66. The number of carboxylic acids is 1. The van der Waals surface area contributed by atoms with Crippen LogP contribution in [-0.2, 0) is 0 Å². The Labute approximate surface area is 102 Å². The Balaban J connectivity index is 2.19. The van der Waals surface area contributed by atoms with Crippen LogP contribution in [0.4, 0.5) is 5.82 Å². The predicted molar refractivity (Wildman–Crippen MR) is 61.2 cm³/mol. The second-order valence-corrected chi connectivity index (χ2v) is 3.26. The van der Waals surface area contributed by atoms with Crippen molar-refractivity contribution in [3.8, 4) is 0 Å². The number of aromatic nitrogens is 3. The molecule has 7 heteroatoms. The summed E-state index contributed by atoms with van der Waals surface area (Å²) in [6.45, 7) is 0. The largest absolute Gasteiger partial charge is 0.477 e. The van der Waals surface area contributed by atoms with E-state index >= 15 is 0 Å². The van der Waals surface area contributed by atoms with Gasteiger partial charge in [-0.1, -0.05) is 6.07 Å². The van der Waals surface area contributed by atoms with Crippen LogP contribution in [0.25, 0.3) is 0 Å². The molecule has 2 aromatic rings. The van der Waals surface area contributed by atoms with E-state index in [1.165, 1.54) is 36.8 Å². The van der Waals surface area contributed by atoms with Gasteiger partial charge in [-0.2, -0.15) is 0 Å². The van der Waals surface area contributed by atoms with Crippen molar-refractivity contribution in [1.29, 1.82) is 0 Å². The molecule has 0 atom stereocenters. The fourth-order valence-corrected chi connectivity index (χ4v) is 1.22. The third-order valence-electron chi connectivity index (χ3n) is 2.01. The van der Waals surface area contributed by atoms with E-state index in [-0.39, 0.29) is 17.2 Å². The molecule has 0 spiro atoms. The molecule has 0 aromatic carbocycles. The summed E-state index contributed by atoms with van der Waals surface area (Å²) in [7, 11) is 0. The number of hydrogen-bond acceptors (Lipinski definition) is 5. The highest BCUT2D eigenvalue weighted by molar-refractivity contribution is 6.02. The SMILES string of the molecule is O=C(O)c1cccc(C(=O)Nc2cnccn2)n1. The summed E-state index contributed by atoms with van der Waals surface area (Å²) in [5.41, 5.74) is -0.192. The Bertz CT molecular complexity index is 586. The molecule has 90 valence electrons. The molecule has 2 N–H and O–H groups in total. The van der Waals surface area contributed by atoms with Crippen LogP contribution in [0.15, 0.2) is 36.8 Å². The van der Waals surface area contributed by atoms with Crippen LogP contribution in [0.5, 0.6) is 0 Å². The molecule has 0 fully saturated rings. The third kappa shape index (κ3) is 2.64. The van der Waals surface area contributed by atoms with Crippen molar-refractivity contribution in [2.24, 2.45) is 0 Å². The highest BCUT2D eigenvalue weighted by atomic mass is 16.4. The summed E-state index contributed by atoms with van der Waals surface area (Å²) in [5.74, 6) is -1.47. The van der Waals surface area contributed by atoms with Crippen molar-refractivity contribution in [3.05, 3.63) is 48.2 Å². The molecule has 0 radical (unpaired) electrons. The first-order valence-electron chi connectivity index (χ1n) is 4.94. The molecule has 1 amide bonds. The molecule has 0 aliphatic rings. The first-order valence-corrected chi connectivity index (χ1v) is 4.94. The molecule has 0 saturated heterocycles. The van der Waals surface area contributed by atoms with Gasteiger partial charge in [0.25, 0.3) is 5.91 Å². The van der Waals surface area contributed by atoms with Crippen molar-refractivity contribution in [1.82, 2.24) is 15.0 Å². The lowest BCUT2D eigenvalue weighted by Gasteiger charge is -2.03. The number of aromatic carboxylic acids is 1. The fourth-order valence-electron chi connectivity index (χ4n) is 1.22. The van der Waals surface area contributed by atoms with E-state index in [1.54, 1.807) is 0 Å². The smallest absolute Gasteiger partial charge is 0.354 e. The van der Waals surface area contributed by atoms with Crippen molar-refractivity contribution in [2.45, 2.75) is 0 Å². The van der Waals surface area contributed by atoms with Crippen LogP contribution in [0.2, 0.25) is 0 Å². The molecule has 0 aliphatic carbocycles. The molecule has 2 heterocycles. The van der Waals surface area contributed by atoms with Crippen molar-refractivity contribution in [3.63, 3.8) is 0 Å². The molecule has 2 rings (SSSR count). The van der Waals surface area contributed by atoms with E-state index < -0.39 is 11.9 Å². The second kappa shape index (κ2) is 5.00. The third-order valence-corrected chi connectivity index (χ3v) is 2.01. The average molecular weight is 244 g/mol.